The molecule has 70 valence electrons. The zero-order valence-electron chi connectivity index (χ0n) is 7.28. The van der Waals surface area contributed by atoms with Gasteiger partial charge < -0.3 is 10.6 Å². The third-order valence-electron chi connectivity index (χ3n) is 2.30. The molecule has 1 aromatic rings. The summed E-state index contributed by atoms with van der Waals surface area (Å²) in [5.41, 5.74) is 6.98. The topological polar surface area (TPSA) is 42.1 Å². The van der Waals surface area contributed by atoms with Crippen LogP contribution in [0.3, 0.4) is 0 Å². The summed E-state index contributed by atoms with van der Waals surface area (Å²) >= 11 is 3.31. The molecule has 0 unspecified atom stereocenters. The van der Waals surface area contributed by atoms with Gasteiger partial charge in [-0.05, 0) is 34.5 Å². The summed E-state index contributed by atoms with van der Waals surface area (Å²) in [5.74, 6) is 0. The van der Waals surface area contributed by atoms with Gasteiger partial charge in [0.2, 0.25) is 0 Å². The summed E-state index contributed by atoms with van der Waals surface area (Å²) in [6.07, 6.45) is 2.96. The number of rotatable bonds is 1. The van der Waals surface area contributed by atoms with Crippen LogP contribution in [-0.2, 0) is 0 Å². The van der Waals surface area contributed by atoms with E-state index in [9.17, 15) is 0 Å². The quantitative estimate of drug-likeness (QED) is 0.756. The minimum absolute atomic E-state index is 0.323. The third-order valence-corrected chi connectivity index (χ3v) is 2.77. The Morgan fingerprint density at radius 1 is 1.54 bits per heavy atom. The van der Waals surface area contributed by atoms with Gasteiger partial charge in [0.25, 0.3) is 0 Å². The van der Waals surface area contributed by atoms with Gasteiger partial charge >= 0.3 is 0 Å². The summed E-state index contributed by atoms with van der Waals surface area (Å²) in [7, 11) is 0. The predicted octanol–water partition coefficient (Wildman–Crippen LogP) is 1.38. The Hall–Kier alpha value is -0.610. The van der Waals surface area contributed by atoms with Gasteiger partial charge in [0.05, 0.1) is 11.9 Å². The number of aromatic nitrogens is 1. The molecule has 0 spiro atoms. The molecule has 0 saturated carbocycles. The average Bonchev–Trinajstić information content (AvgIpc) is 2.53. The highest BCUT2D eigenvalue weighted by Crippen LogP contribution is 2.19. The summed E-state index contributed by atoms with van der Waals surface area (Å²) in [6.45, 7) is 1.99. The van der Waals surface area contributed by atoms with Crippen LogP contribution in [-0.4, -0.2) is 24.1 Å². The Labute approximate surface area is 86.1 Å². The maximum atomic E-state index is 5.82. The Kier molecular flexibility index (Phi) is 2.51. The van der Waals surface area contributed by atoms with Crippen molar-refractivity contribution in [2.24, 2.45) is 5.73 Å². The zero-order valence-corrected chi connectivity index (χ0v) is 8.87. The van der Waals surface area contributed by atoms with Crippen molar-refractivity contribution in [3.63, 3.8) is 0 Å². The molecule has 1 aliphatic rings. The first kappa shape index (κ1) is 8.97. The first-order valence-electron chi connectivity index (χ1n) is 4.38. The van der Waals surface area contributed by atoms with E-state index in [1.54, 1.807) is 0 Å². The second-order valence-electron chi connectivity index (χ2n) is 3.33. The van der Waals surface area contributed by atoms with Crippen LogP contribution in [0, 0.1) is 0 Å². The van der Waals surface area contributed by atoms with Crippen molar-refractivity contribution >= 4 is 21.6 Å². The molecule has 3 nitrogen and oxygen atoms in total. The van der Waals surface area contributed by atoms with E-state index in [1.165, 1.54) is 0 Å². The molecule has 2 N–H and O–H groups in total. The van der Waals surface area contributed by atoms with Crippen molar-refractivity contribution in [3.8, 4) is 0 Å². The van der Waals surface area contributed by atoms with Crippen LogP contribution in [0.1, 0.15) is 6.42 Å². The van der Waals surface area contributed by atoms with Crippen molar-refractivity contribution in [1.82, 2.24) is 4.98 Å². The molecule has 1 fully saturated rings. The molecule has 0 amide bonds. The number of anilines is 1. The largest absolute Gasteiger partial charge is 0.369 e. The molecule has 13 heavy (non-hydrogen) atoms. The minimum Gasteiger partial charge on any atom is -0.369 e. The minimum atomic E-state index is 0.323. The lowest BCUT2D eigenvalue weighted by molar-refractivity contribution is 0.752. The van der Waals surface area contributed by atoms with Crippen LogP contribution in [0.15, 0.2) is 22.9 Å². The number of pyridine rings is 1. The van der Waals surface area contributed by atoms with Gasteiger partial charge in [-0.3, -0.25) is 0 Å². The fourth-order valence-electron chi connectivity index (χ4n) is 1.58. The lowest BCUT2D eigenvalue weighted by Crippen LogP contribution is -2.26. The van der Waals surface area contributed by atoms with E-state index in [0.29, 0.717) is 6.04 Å². The smallest absolute Gasteiger partial charge is 0.106 e. The zero-order chi connectivity index (χ0) is 9.26. The van der Waals surface area contributed by atoms with Crippen LogP contribution in [0.25, 0.3) is 0 Å². The number of nitrogens with zero attached hydrogens (tertiary/aromatic N) is 2. The molecule has 0 radical (unpaired) electrons. The molecule has 1 aromatic heterocycles. The molecule has 4 heteroatoms. The van der Waals surface area contributed by atoms with E-state index < -0.39 is 0 Å². The van der Waals surface area contributed by atoms with Crippen LogP contribution >= 0.6 is 15.9 Å². The molecular weight excluding hydrogens is 230 g/mol. The van der Waals surface area contributed by atoms with Gasteiger partial charge in [-0.15, -0.1) is 0 Å². The number of halogens is 1. The SMILES string of the molecule is N[C@@H]1CCN(c2ccc(Br)nc2)C1. The fourth-order valence-corrected chi connectivity index (χ4v) is 1.81. The van der Waals surface area contributed by atoms with Gasteiger partial charge in [0, 0.05) is 19.1 Å². The maximum Gasteiger partial charge on any atom is 0.106 e. The van der Waals surface area contributed by atoms with Crippen LogP contribution in [0.4, 0.5) is 5.69 Å². The highest BCUT2D eigenvalue weighted by Gasteiger charge is 2.18. The molecule has 0 bridgehead atoms. The summed E-state index contributed by atoms with van der Waals surface area (Å²) in [4.78, 5) is 6.45. The average molecular weight is 242 g/mol. The van der Waals surface area contributed by atoms with E-state index in [2.05, 4.69) is 31.9 Å². The molecule has 1 aliphatic heterocycles. The molecule has 2 heterocycles. The van der Waals surface area contributed by atoms with Gasteiger partial charge in [0.15, 0.2) is 0 Å². The van der Waals surface area contributed by atoms with Crippen molar-refractivity contribution in [3.05, 3.63) is 22.9 Å². The highest BCUT2D eigenvalue weighted by molar-refractivity contribution is 9.10. The molecule has 0 aromatic carbocycles. The summed E-state index contributed by atoms with van der Waals surface area (Å²) < 4.78 is 0.875. The van der Waals surface area contributed by atoms with Gasteiger partial charge in [-0.25, -0.2) is 4.98 Å². The molecule has 2 rings (SSSR count). The van der Waals surface area contributed by atoms with E-state index in [-0.39, 0.29) is 0 Å². The molecular formula is C9H12BrN3. The standard InChI is InChI=1S/C9H12BrN3/c10-9-2-1-8(5-12-9)13-4-3-7(11)6-13/h1-2,5,7H,3-4,6,11H2/t7-/m1/s1. The Morgan fingerprint density at radius 3 is 2.92 bits per heavy atom. The van der Waals surface area contributed by atoms with Gasteiger partial charge in [-0.1, -0.05) is 0 Å². The van der Waals surface area contributed by atoms with E-state index in [0.717, 1.165) is 29.8 Å². The van der Waals surface area contributed by atoms with Crippen molar-refractivity contribution < 1.29 is 0 Å². The van der Waals surface area contributed by atoms with E-state index >= 15 is 0 Å². The predicted molar refractivity (Wildman–Crippen MR) is 56.7 cm³/mol. The third kappa shape index (κ3) is 2.00. The first-order chi connectivity index (χ1) is 6.25. The maximum absolute atomic E-state index is 5.82. The number of hydrogen-bond acceptors (Lipinski definition) is 3. The van der Waals surface area contributed by atoms with Crippen LogP contribution < -0.4 is 10.6 Å². The summed E-state index contributed by atoms with van der Waals surface area (Å²) in [6, 6.07) is 4.34. The van der Waals surface area contributed by atoms with E-state index in [1.807, 2.05) is 12.3 Å². The lowest BCUT2D eigenvalue weighted by Gasteiger charge is -2.17. The first-order valence-corrected chi connectivity index (χ1v) is 5.17. The molecule has 1 atom stereocenters. The second-order valence-corrected chi connectivity index (χ2v) is 4.15. The van der Waals surface area contributed by atoms with Crippen LogP contribution in [0.2, 0.25) is 0 Å². The van der Waals surface area contributed by atoms with E-state index in [4.69, 9.17) is 5.73 Å². The Bertz CT molecular complexity index is 285. The summed E-state index contributed by atoms with van der Waals surface area (Å²) in [5, 5.41) is 0. The van der Waals surface area contributed by atoms with Gasteiger partial charge in [0.1, 0.15) is 4.60 Å². The second kappa shape index (κ2) is 3.64. The fraction of sp³-hybridized carbons (Fsp3) is 0.444. The van der Waals surface area contributed by atoms with Crippen molar-refractivity contribution in [2.75, 3.05) is 18.0 Å². The van der Waals surface area contributed by atoms with Gasteiger partial charge in [-0.2, -0.15) is 0 Å². The number of nitrogens with two attached hydrogens (primary N) is 1. The molecule has 0 aliphatic carbocycles. The number of hydrogen-bond donors (Lipinski definition) is 1. The highest BCUT2D eigenvalue weighted by atomic mass is 79.9. The molecule has 1 saturated heterocycles. The normalized spacial score (nSPS) is 22.3. The van der Waals surface area contributed by atoms with Crippen molar-refractivity contribution in [1.29, 1.82) is 0 Å². The lowest BCUT2D eigenvalue weighted by atomic mass is 10.3. The van der Waals surface area contributed by atoms with Crippen LogP contribution in [0.5, 0.6) is 0 Å². The monoisotopic (exact) mass is 241 g/mol. The van der Waals surface area contributed by atoms with Crippen molar-refractivity contribution in [2.45, 2.75) is 12.5 Å². The Morgan fingerprint density at radius 2 is 2.38 bits per heavy atom. The Balaban J connectivity index is 2.13.